The fourth-order valence-electron chi connectivity index (χ4n) is 11.9. The number of phosphoric ester groups is 2. The molecule has 0 saturated carbocycles. The van der Waals surface area contributed by atoms with Crippen molar-refractivity contribution in [2.75, 3.05) is 39.6 Å². The van der Waals surface area contributed by atoms with E-state index in [9.17, 15) is 43.2 Å². The molecule has 0 rings (SSSR count). The number of aliphatic hydroxyl groups excluding tert-OH is 1. The van der Waals surface area contributed by atoms with E-state index in [2.05, 4.69) is 58.9 Å². The number of rotatable bonds is 78. The number of carbonyl (C=O) groups is 4. The maximum atomic E-state index is 13.1. The molecular weight excluding hydrogens is 1290 g/mol. The van der Waals surface area contributed by atoms with Crippen molar-refractivity contribution >= 4 is 39.5 Å². The molecule has 0 heterocycles. The summed E-state index contributed by atoms with van der Waals surface area (Å²) in [5.41, 5.74) is 0. The Morgan fingerprint density at radius 1 is 0.313 bits per heavy atom. The highest BCUT2D eigenvalue weighted by Crippen LogP contribution is 2.45. The zero-order valence-corrected chi connectivity index (χ0v) is 65.9. The number of hydrogen-bond acceptors (Lipinski definition) is 15. The fraction of sp³-hybridized carbons (Fsp3) is 0.900. The highest BCUT2D eigenvalue weighted by Gasteiger charge is 2.30. The Hall–Kier alpha value is -2.46. The first-order valence-corrected chi connectivity index (χ1v) is 43.9. The number of carbonyl (C=O) groups excluding carboxylic acids is 4. The largest absolute Gasteiger partial charge is 0.472 e. The molecule has 0 aliphatic carbocycles. The van der Waals surface area contributed by atoms with Gasteiger partial charge in [0.1, 0.15) is 19.3 Å². The average molecular weight is 1450 g/mol. The standard InChI is InChI=1S/C80H152O17P2/c1-6-9-12-15-18-21-24-27-29-30-31-32-33-34-36-39-42-45-50-56-61-66-80(85)96-75(69-90-77(82)63-58-53-48-43-40-38-35-28-25-22-19-16-13-10-7-2)71-94-98(86,87)92-67-74(81)68-93-99(88,89)95-72-76(70-91-78(83)64-59-54-51-46-47-52-57-62-73(4)5)97-79(84)65-60-55-49-44-41-37-26-23-20-17-14-11-8-3/h22,25,28,35,73-76,81H,6-21,23-24,26-27,29-34,36-72H2,1-5H3,(H,86,87)(H,88,89)/b25-22-,35-28-/t74-,75-,76-/m1/s1. The van der Waals surface area contributed by atoms with Crippen LogP contribution in [0.2, 0.25) is 0 Å². The number of allylic oxidation sites excluding steroid dienone is 4. The molecule has 19 heteroatoms. The Morgan fingerprint density at radius 2 is 0.545 bits per heavy atom. The van der Waals surface area contributed by atoms with Gasteiger partial charge in [0.25, 0.3) is 0 Å². The van der Waals surface area contributed by atoms with Gasteiger partial charge in [0, 0.05) is 25.7 Å². The van der Waals surface area contributed by atoms with Gasteiger partial charge in [-0.25, -0.2) is 9.13 Å². The molecule has 584 valence electrons. The smallest absolute Gasteiger partial charge is 0.462 e. The lowest BCUT2D eigenvalue weighted by molar-refractivity contribution is -0.161. The minimum atomic E-state index is -4.97. The number of ether oxygens (including phenoxy) is 4. The molecule has 0 spiro atoms. The molecule has 0 amide bonds. The number of esters is 4. The number of aliphatic hydroxyl groups is 1. The van der Waals surface area contributed by atoms with Crippen molar-refractivity contribution in [1.82, 2.24) is 0 Å². The van der Waals surface area contributed by atoms with E-state index in [-0.39, 0.29) is 25.7 Å². The Morgan fingerprint density at radius 3 is 0.828 bits per heavy atom. The summed E-state index contributed by atoms with van der Waals surface area (Å²) in [6.45, 7) is 7.19. The minimum Gasteiger partial charge on any atom is -0.462 e. The number of unbranched alkanes of at least 4 members (excludes halogenated alkanes) is 47. The first kappa shape index (κ1) is 96.5. The molecule has 0 aromatic carbocycles. The van der Waals surface area contributed by atoms with E-state index in [1.54, 1.807) is 0 Å². The van der Waals surface area contributed by atoms with Crippen LogP contribution in [0.3, 0.4) is 0 Å². The highest BCUT2D eigenvalue weighted by atomic mass is 31.2. The van der Waals surface area contributed by atoms with Crippen LogP contribution in [0.1, 0.15) is 401 Å². The molecule has 0 aliphatic heterocycles. The summed E-state index contributed by atoms with van der Waals surface area (Å²) in [4.78, 5) is 72.9. The Balaban J connectivity index is 5.25. The van der Waals surface area contributed by atoms with E-state index in [1.807, 2.05) is 0 Å². The second kappa shape index (κ2) is 72.5. The summed E-state index contributed by atoms with van der Waals surface area (Å²) in [5.74, 6) is -1.44. The lowest BCUT2D eigenvalue weighted by atomic mass is 10.0. The summed E-state index contributed by atoms with van der Waals surface area (Å²) in [6.07, 6.45) is 66.2. The van der Waals surface area contributed by atoms with E-state index >= 15 is 0 Å². The lowest BCUT2D eigenvalue weighted by Crippen LogP contribution is -2.30. The average Bonchev–Trinajstić information content (AvgIpc) is 1.15. The predicted molar refractivity (Wildman–Crippen MR) is 404 cm³/mol. The quantitative estimate of drug-likeness (QED) is 0.0169. The highest BCUT2D eigenvalue weighted by molar-refractivity contribution is 7.47. The van der Waals surface area contributed by atoms with Crippen LogP contribution in [0.15, 0.2) is 24.3 Å². The molecule has 0 bridgehead atoms. The lowest BCUT2D eigenvalue weighted by Gasteiger charge is -2.21. The van der Waals surface area contributed by atoms with Crippen molar-refractivity contribution in [2.24, 2.45) is 5.92 Å². The first-order chi connectivity index (χ1) is 48.0. The van der Waals surface area contributed by atoms with Gasteiger partial charge < -0.3 is 33.8 Å². The molecule has 0 aliphatic rings. The Kier molecular flexibility index (Phi) is 70.7. The molecule has 0 aromatic heterocycles. The second-order valence-electron chi connectivity index (χ2n) is 28.6. The summed E-state index contributed by atoms with van der Waals surface area (Å²) in [5, 5.41) is 10.6. The first-order valence-electron chi connectivity index (χ1n) is 41.0. The molecule has 3 N–H and O–H groups in total. The van der Waals surface area contributed by atoms with Gasteiger partial charge in [-0.05, 0) is 57.3 Å². The molecule has 17 nitrogen and oxygen atoms in total. The number of hydrogen-bond donors (Lipinski definition) is 3. The minimum absolute atomic E-state index is 0.102. The third kappa shape index (κ3) is 73.6. The van der Waals surface area contributed by atoms with Crippen molar-refractivity contribution in [3.05, 3.63) is 24.3 Å². The summed E-state index contributed by atoms with van der Waals surface area (Å²) >= 11 is 0. The Bertz CT molecular complexity index is 1990. The van der Waals surface area contributed by atoms with Gasteiger partial charge in [0.15, 0.2) is 12.2 Å². The van der Waals surface area contributed by atoms with Gasteiger partial charge >= 0.3 is 39.5 Å². The third-order valence-corrected chi connectivity index (χ3v) is 20.1. The van der Waals surface area contributed by atoms with E-state index in [4.69, 9.17) is 37.0 Å². The molecule has 0 fully saturated rings. The normalized spacial score (nSPS) is 14.0. The van der Waals surface area contributed by atoms with Crippen molar-refractivity contribution < 1.29 is 80.2 Å². The summed E-state index contributed by atoms with van der Waals surface area (Å²) in [6, 6.07) is 0. The van der Waals surface area contributed by atoms with Crippen molar-refractivity contribution in [3.63, 3.8) is 0 Å². The van der Waals surface area contributed by atoms with E-state index < -0.39 is 97.5 Å². The molecule has 99 heavy (non-hydrogen) atoms. The van der Waals surface area contributed by atoms with Crippen LogP contribution < -0.4 is 0 Å². The molecule has 0 aromatic rings. The zero-order chi connectivity index (χ0) is 72.7. The van der Waals surface area contributed by atoms with Gasteiger partial charge in [-0.3, -0.25) is 37.3 Å². The topological polar surface area (TPSA) is 237 Å². The van der Waals surface area contributed by atoms with Gasteiger partial charge in [0.2, 0.25) is 0 Å². The van der Waals surface area contributed by atoms with E-state index in [0.29, 0.717) is 31.6 Å². The van der Waals surface area contributed by atoms with E-state index in [1.165, 1.54) is 199 Å². The van der Waals surface area contributed by atoms with Crippen LogP contribution >= 0.6 is 15.6 Å². The monoisotopic (exact) mass is 1450 g/mol. The SMILES string of the molecule is CCCCCC/C=C\C=C/CCCCCCCC(=O)OC[C@H](COP(=O)(O)OC[C@@H](O)COP(=O)(O)OC[C@@H](COC(=O)CCCCCCCCCC(C)C)OC(=O)CCCCCCCCCCCCCCC)OC(=O)CCCCCCCCCCCCCCCCCCCCCCC. The maximum absolute atomic E-state index is 13.1. The summed E-state index contributed by atoms with van der Waals surface area (Å²) < 4.78 is 68.6. The molecule has 0 radical (unpaired) electrons. The zero-order valence-electron chi connectivity index (χ0n) is 64.1. The van der Waals surface area contributed by atoms with Gasteiger partial charge in [-0.2, -0.15) is 0 Å². The van der Waals surface area contributed by atoms with Crippen LogP contribution in [0.25, 0.3) is 0 Å². The van der Waals surface area contributed by atoms with Crippen molar-refractivity contribution in [3.8, 4) is 0 Å². The van der Waals surface area contributed by atoms with Crippen LogP contribution in [0.5, 0.6) is 0 Å². The fourth-order valence-corrected chi connectivity index (χ4v) is 13.4. The third-order valence-electron chi connectivity index (χ3n) is 18.2. The van der Waals surface area contributed by atoms with Gasteiger partial charge in [0.05, 0.1) is 26.4 Å². The van der Waals surface area contributed by atoms with E-state index in [0.717, 1.165) is 116 Å². The van der Waals surface area contributed by atoms with Crippen molar-refractivity contribution in [1.29, 1.82) is 0 Å². The summed E-state index contributed by atoms with van der Waals surface area (Å²) in [7, 11) is -9.93. The predicted octanol–water partition coefficient (Wildman–Crippen LogP) is 23.6. The Labute approximate surface area is 605 Å². The van der Waals surface area contributed by atoms with Crippen LogP contribution in [-0.2, 0) is 65.4 Å². The molecule has 5 atom stereocenters. The molecule has 0 saturated heterocycles. The van der Waals surface area contributed by atoms with Crippen LogP contribution in [0, 0.1) is 5.92 Å². The van der Waals surface area contributed by atoms with Crippen molar-refractivity contribution in [2.45, 2.75) is 419 Å². The maximum Gasteiger partial charge on any atom is 0.472 e. The molecular formula is C80H152O17P2. The second-order valence-corrected chi connectivity index (χ2v) is 31.5. The van der Waals surface area contributed by atoms with Crippen LogP contribution in [-0.4, -0.2) is 96.7 Å². The molecule has 2 unspecified atom stereocenters. The van der Waals surface area contributed by atoms with Crippen LogP contribution in [0.4, 0.5) is 0 Å². The van der Waals surface area contributed by atoms with Gasteiger partial charge in [-0.15, -0.1) is 0 Å². The number of phosphoric acid groups is 2. The van der Waals surface area contributed by atoms with Gasteiger partial charge in [-0.1, -0.05) is 348 Å².